The first-order valence-electron chi connectivity index (χ1n) is 11.0. The molecule has 16 heteroatoms. The number of methoxy groups -OCH3 is 2. The summed E-state index contributed by atoms with van der Waals surface area (Å²) in [6, 6.07) is 8.70. The number of nitrogens with one attached hydrogen (secondary N) is 2. The summed E-state index contributed by atoms with van der Waals surface area (Å²) in [5.74, 6) is -9.12. The maximum Gasteiger partial charge on any atom is 0.321 e. The Bertz CT molecular complexity index is 1620. The van der Waals surface area contributed by atoms with Crippen LogP contribution in [0.4, 0.5) is 29.1 Å². The first-order valence-corrected chi connectivity index (χ1v) is 12.4. The van der Waals surface area contributed by atoms with E-state index in [1.807, 2.05) is 0 Å². The Morgan fingerprint density at radius 1 is 0.925 bits per heavy atom. The summed E-state index contributed by atoms with van der Waals surface area (Å²) >= 11 is 0. The number of aromatic nitrogens is 2. The summed E-state index contributed by atoms with van der Waals surface area (Å²) in [6.45, 7) is -0.645. The lowest BCUT2D eigenvalue weighted by molar-refractivity contribution is 0.0992. The lowest BCUT2D eigenvalue weighted by Crippen LogP contribution is -2.15. The first-order chi connectivity index (χ1) is 19.0. The zero-order valence-electron chi connectivity index (χ0n) is 20.5. The molecule has 0 aliphatic rings. The molecule has 0 saturated carbocycles. The van der Waals surface area contributed by atoms with Crippen LogP contribution in [0, 0.1) is 23.3 Å². The average Bonchev–Trinajstić information content (AvgIpc) is 3.41. The van der Waals surface area contributed by atoms with Gasteiger partial charge < -0.3 is 23.9 Å². The van der Waals surface area contributed by atoms with E-state index in [0.717, 1.165) is 0 Å². The summed E-state index contributed by atoms with van der Waals surface area (Å²) in [5, 5.41) is 2.48. The molecule has 0 saturated heterocycles. The third kappa shape index (κ3) is 6.23. The molecule has 2 aromatic heterocycles. The molecular weight excluding hydrogens is 564 g/mol. The number of rotatable bonds is 10. The van der Waals surface area contributed by atoms with Crippen LogP contribution in [0.2, 0.25) is 0 Å². The molecule has 0 fully saturated rings. The van der Waals surface area contributed by atoms with Crippen LogP contribution >= 0.6 is 0 Å². The molecule has 2 heterocycles. The van der Waals surface area contributed by atoms with Gasteiger partial charge in [-0.25, -0.2) is 17.2 Å². The van der Waals surface area contributed by atoms with E-state index in [1.165, 1.54) is 56.7 Å². The maximum atomic E-state index is 13.7. The van der Waals surface area contributed by atoms with E-state index in [-0.39, 0.29) is 45.9 Å². The van der Waals surface area contributed by atoms with E-state index >= 15 is 0 Å². The normalized spacial score (nSPS) is 11.2. The van der Waals surface area contributed by atoms with Gasteiger partial charge in [-0.2, -0.15) is 18.7 Å². The van der Waals surface area contributed by atoms with Gasteiger partial charge in [0.25, 0.3) is 15.9 Å². The molecule has 0 bridgehead atoms. The fourth-order valence-electron chi connectivity index (χ4n) is 3.16. The quantitative estimate of drug-likeness (QED) is 0.207. The highest BCUT2D eigenvalue weighted by Gasteiger charge is 2.22. The monoisotopic (exact) mass is 582 g/mol. The molecule has 0 aliphatic carbocycles. The van der Waals surface area contributed by atoms with E-state index < -0.39 is 51.6 Å². The number of furan rings is 1. The van der Waals surface area contributed by atoms with Crippen molar-refractivity contribution in [2.45, 2.75) is 11.5 Å². The molecule has 11 nitrogen and oxygen atoms in total. The van der Waals surface area contributed by atoms with Crippen LogP contribution in [-0.4, -0.2) is 38.5 Å². The Morgan fingerprint density at radius 2 is 1.60 bits per heavy atom. The Morgan fingerprint density at radius 3 is 2.23 bits per heavy atom. The largest absolute Gasteiger partial charge is 0.481 e. The fraction of sp³-hybridized carbons (Fsp3) is 0.125. The Hall–Kier alpha value is -4.86. The lowest BCUT2D eigenvalue weighted by atomic mass is 10.3. The van der Waals surface area contributed by atoms with Crippen molar-refractivity contribution in [2.24, 2.45) is 0 Å². The molecule has 0 aliphatic heterocycles. The predicted octanol–water partition coefficient (Wildman–Crippen LogP) is 4.28. The first kappa shape index (κ1) is 28.2. The van der Waals surface area contributed by atoms with Gasteiger partial charge in [0.2, 0.25) is 17.5 Å². The van der Waals surface area contributed by atoms with Crippen molar-refractivity contribution >= 4 is 27.4 Å². The average molecular weight is 582 g/mol. The van der Waals surface area contributed by atoms with Gasteiger partial charge in [-0.05, 0) is 36.4 Å². The van der Waals surface area contributed by atoms with Crippen LogP contribution in [-0.2, 0) is 16.6 Å². The van der Waals surface area contributed by atoms with Gasteiger partial charge in [-0.1, -0.05) is 0 Å². The summed E-state index contributed by atoms with van der Waals surface area (Å²) in [4.78, 5) is 20.1. The summed E-state index contributed by atoms with van der Waals surface area (Å²) in [6.07, 6.45) is 0. The van der Waals surface area contributed by atoms with Crippen molar-refractivity contribution in [3.05, 3.63) is 83.3 Å². The molecule has 0 unspecified atom stereocenters. The predicted molar refractivity (Wildman–Crippen MR) is 130 cm³/mol. The van der Waals surface area contributed by atoms with Gasteiger partial charge in [0.15, 0.2) is 29.0 Å². The van der Waals surface area contributed by atoms with E-state index in [2.05, 4.69) is 20.0 Å². The second kappa shape index (κ2) is 11.5. The number of carbonyl (C=O) groups excluding carboxylic acids is 1. The smallest absolute Gasteiger partial charge is 0.321 e. The number of sulfonamides is 1. The molecule has 0 radical (unpaired) electrons. The third-order valence-electron chi connectivity index (χ3n) is 5.05. The summed E-state index contributed by atoms with van der Waals surface area (Å²) in [5.41, 5.74) is 0.197. The molecule has 4 rings (SSSR count). The molecular formula is C24H18F4N4O7S. The van der Waals surface area contributed by atoms with Gasteiger partial charge in [-0.3, -0.25) is 9.52 Å². The SMILES string of the molecule is COc1cc(NS(=O)(=O)c2ccc(NC(=O)c3ccc(COc4c(F)c(F)cc(F)c4F)o3)cc2)nc(OC)n1. The molecule has 1 amide bonds. The van der Waals surface area contributed by atoms with Crippen LogP contribution in [0.3, 0.4) is 0 Å². The number of hydrogen-bond acceptors (Lipinski definition) is 9. The second-order valence-electron chi connectivity index (χ2n) is 7.72. The van der Waals surface area contributed by atoms with Gasteiger partial charge in [0.1, 0.15) is 12.4 Å². The molecule has 2 aromatic carbocycles. The maximum absolute atomic E-state index is 13.7. The van der Waals surface area contributed by atoms with Crippen molar-refractivity contribution in [1.29, 1.82) is 0 Å². The summed E-state index contributed by atoms with van der Waals surface area (Å²) < 4.78 is 102. The molecule has 210 valence electrons. The van der Waals surface area contributed by atoms with Crippen LogP contribution in [0.25, 0.3) is 0 Å². The minimum Gasteiger partial charge on any atom is -0.481 e. The van der Waals surface area contributed by atoms with Gasteiger partial charge >= 0.3 is 6.01 Å². The van der Waals surface area contributed by atoms with Crippen molar-refractivity contribution < 1.29 is 49.4 Å². The Labute approximate surface area is 223 Å². The number of hydrogen-bond donors (Lipinski definition) is 2. The number of carbonyl (C=O) groups is 1. The van der Waals surface area contributed by atoms with Crippen molar-refractivity contribution in [3.63, 3.8) is 0 Å². The van der Waals surface area contributed by atoms with Crippen molar-refractivity contribution in [1.82, 2.24) is 9.97 Å². The second-order valence-corrected chi connectivity index (χ2v) is 9.40. The molecule has 40 heavy (non-hydrogen) atoms. The Kier molecular flexibility index (Phi) is 8.08. The Balaban J connectivity index is 1.40. The van der Waals surface area contributed by atoms with E-state index in [1.54, 1.807) is 0 Å². The van der Waals surface area contributed by atoms with Gasteiger partial charge in [0.05, 0.1) is 19.1 Å². The number of nitrogens with zero attached hydrogens (tertiary/aromatic N) is 2. The lowest BCUT2D eigenvalue weighted by Gasteiger charge is -2.10. The zero-order valence-corrected chi connectivity index (χ0v) is 21.3. The number of ether oxygens (including phenoxy) is 3. The van der Waals surface area contributed by atoms with Gasteiger partial charge in [-0.15, -0.1) is 0 Å². The van der Waals surface area contributed by atoms with Crippen LogP contribution in [0.5, 0.6) is 17.6 Å². The topological polar surface area (TPSA) is 142 Å². The van der Waals surface area contributed by atoms with Gasteiger partial charge in [0, 0.05) is 17.8 Å². The van der Waals surface area contributed by atoms with E-state index in [4.69, 9.17) is 18.6 Å². The third-order valence-corrected chi connectivity index (χ3v) is 6.42. The highest BCUT2D eigenvalue weighted by molar-refractivity contribution is 7.92. The standard InChI is InChI=1S/C24H18F4N4O7S/c1-36-19-10-18(30-24(31-19)37-2)32-40(34,35)14-6-3-12(4-7-14)29-23(33)17-8-5-13(39-17)11-38-22-20(27)15(25)9-16(26)21(22)28/h3-10H,11H2,1-2H3,(H,29,33)(H,30,31,32). The molecule has 0 spiro atoms. The van der Waals surface area contributed by atoms with Crippen molar-refractivity contribution in [2.75, 3.05) is 24.3 Å². The highest BCUT2D eigenvalue weighted by Crippen LogP contribution is 2.28. The fourth-order valence-corrected chi connectivity index (χ4v) is 4.15. The zero-order chi connectivity index (χ0) is 29.0. The number of halogens is 4. The molecule has 4 aromatic rings. The van der Waals surface area contributed by atoms with Crippen molar-refractivity contribution in [3.8, 4) is 17.6 Å². The number of benzene rings is 2. The molecule has 2 N–H and O–H groups in total. The minimum absolute atomic E-state index is 0.0400. The van der Waals surface area contributed by atoms with Crippen LogP contribution < -0.4 is 24.2 Å². The van der Waals surface area contributed by atoms with Crippen LogP contribution in [0.15, 0.2) is 57.8 Å². The van der Waals surface area contributed by atoms with Crippen LogP contribution in [0.1, 0.15) is 16.3 Å². The minimum atomic E-state index is -4.10. The summed E-state index contributed by atoms with van der Waals surface area (Å²) in [7, 11) is -1.46. The highest BCUT2D eigenvalue weighted by atomic mass is 32.2. The molecule has 0 atom stereocenters. The van der Waals surface area contributed by atoms with E-state index in [9.17, 15) is 30.8 Å². The van der Waals surface area contributed by atoms with E-state index in [0.29, 0.717) is 0 Å². The number of amides is 1. The number of anilines is 2.